The Morgan fingerprint density at radius 2 is 1.43 bits per heavy atom. The number of carbonyl (C=O) groups excluding carboxylic acids is 2. The van der Waals surface area contributed by atoms with E-state index >= 15 is 0 Å². The molecule has 0 saturated heterocycles. The summed E-state index contributed by atoms with van der Waals surface area (Å²) in [7, 11) is 0. The quantitative estimate of drug-likeness (QED) is 0.110. The van der Waals surface area contributed by atoms with Gasteiger partial charge < -0.3 is 26.2 Å². The van der Waals surface area contributed by atoms with Crippen molar-refractivity contribution in [1.29, 1.82) is 5.41 Å². The van der Waals surface area contributed by atoms with Gasteiger partial charge in [0.05, 0.1) is 11.1 Å². The van der Waals surface area contributed by atoms with Gasteiger partial charge in [0.1, 0.15) is 17.3 Å². The second kappa shape index (κ2) is 13.8. The Labute approximate surface area is 244 Å². The Bertz CT molecular complexity index is 1600. The molecule has 0 aromatic heterocycles. The number of amidine groups is 1. The average molecular weight is 567 g/mol. The van der Waals surface area contributed by atoms with Crippen LogP contribution in [0.4, 0.5) is 5.69 Å². The summed E-state index contributed by atoms with van der Waals surface area (Å²) in [6.45, 7) is 4.37. The van der Waals surface area contributed by atoms with E-state index in [0.29, 0.717) is 34.9 Å². The van der Waals surface area contributed by atoms with Crippen LogP contribution in [-0.2, 0) is 0 Å². The molecule has 0 bridgehead atoms. The SMILES string of the molecule is C.CC(C)CNC(=O)c1ccc(-c2ccc(Oc3ccccc3)cc2C(=O)Nc2ccc(C(=N)N)cc2)c(C(=O)O)c1. The molecular weight excluding hydrogens is 532 g/mol. The van der Waals surface area contributed by atoms with Crippen molar-refractivity contribution in [3.63, 3.8) is 0 Å². The van der Waals surface area contributed by atoms with Crippen LogP contribution in [-0.4, -0.2) is 35.3 Å². The van der Waals surface area contributed by atoms with E-state index in [2.05, 4.69) is 10.6 Å². The molecule has 4 aromatic carbocycles. The highest BCUT2D eigenvalue weighted by Gasteiger charge is 2.21. The van der Waals surface area contributed by atoms with Gasteiger partial charge in [-0.2, -0.15) is 0 Å². The van der Waals surface area contributed by atoms with E-state index < -0.39 is 11.9 Å². The third-order valence-corrected chi connectivity index (χ3v) is 6.14. The van der Waals surface area contributed by atoms with E-state index in [9.17, 15) is 19.5 Å². The molecule has 0 spiro atoms. The van der Waals surface area contributed by atoms with E-state index in [4.69, 9.17) is 15.9 Å². The molecular formula is C33H34N4O5. The predicted molar refractivity (Wildman–Crippen MR) is 165 cm³/mol. The first-order valence-corrected chi connectivity index (χ1v) is 12.9. The summed E-state index contributed by atoms with van der Waals surface area (Å²) in [5.41, 5.74) is 7.33. The van der Waals surface area contributed by atoms with E-state index in [1.165, 1.54) is 24.3 Å². The summed E-state index contributed by atoms with van der Waals surface area (Å²) in [6, 6.07) is 24.7. The van der Waals surface area contributed by atoms with E-state index in [1.807, 2.05) is 32.0 Å². The van der Waals surface area contributed by atoms with Crippen molar-refractivity contribution in [3.05, 3.63) is 113 Å². The minimum atomic E-state index is -1.24. The fourth-order valence-electron chi connectivity index (χ4n) is 4.06. The van der Waals surface area contributed by atoms with Gasteiger partial charge in [-0.15, -0.1) is 0 Å². The molecule has 9 nitrogen and oxygen atoms in total. The zero-order valence-electron chi connectivity index (χ0n) is 22.6. The van der Waals surface area contributed by atoms with Crippen molar-refractivity contribution in [3.8, 4) is 22.6 Å². The fraction of sp³-hybridized carbons (Fsp3) is 0.152. The lowest BCUT2D eigenvalue weighted by molar-refractivity contribution is 0.0697. The second-order valence-electron chi connectivity index (χ2n) is 9.74. The standard InChI is InChI=1S/C32H30N4O5.CH4/c1-19(2)18-35-30(37)21-10-14-26(28(16-21)32(39)40)25-15-13-24(41-23-6-4-3-5-7-23)17-27(25)31(38)36-22-11-8-20(9-12-22)29(33)34;/h3-17,19H,18H2,1-2H3,(H3,33,34)(H,35,37)(H,36,38)(H,39,40);1H4. The number of nitrogen functional groups attached to an aromatic ring is 1. The number of aromatic carboxylic acids is 1. The minimum Gasteiger partial charge on any atom is -0.478 e. The number of carboxylic acids is 1. The van der Waals surface area contributed by atoms with Crippen LogP contribution in [0.5, 0.6) is 11.5 Å². The number of nitrogens with one attached hydrogen (secondary N) is 3. The number of benzene rings is 4. The monoisotopic (exact) mass is 566 g/mol. The summed E-state index contributed by atoms with van der Waals surface area (Å²) < 4.78 is 5.94. The molecule has 9 heteroatoms. The Hall–Kier alpha value is -5.44. The lowest BCUT2D eigenvalue weighted by Crippen LogP contribution is -2.27. The minimum absolute atomic E-state index is 0. The lowest BCUT2D eigenvalue weighted by atomic mass is 9.93. The molecule has 4 aromatic rings. The van der Waals surface area contributed by atoms with Crippen LogP contribution >= 0.6 is 0 Å². The number of para-hydroxylation sites is 1. The largest absolute Gasteiger partial charge is 0.478 e. The molecule has 6 N–H and O–H groups in total. The number of rotatable bonds is 10. The maximum absolute atomic E-state index is 13.6. The Morgan fingerprint density at radius 1 is 0.810 bits per heavy atom. The maximum atomic E-state index is 13.6. The number of amides is 2. The summed E-state index contributed by atoms with van der Waals surface area (Å²) >= 11 is 0. The highest BCUT2D eigenvalue weighted by molar-refractivity contribution is 6.11. The molecule has 0 saturated carbocycles. The Morgan fingerprint density at radius 3 is 2.05 bits per heavy atom. The van der Waals surface area contributed by atoms with Gasteiger partial charge in [0.15, 0.2) is 0 Å². The molecule has 0 aliphatic carbocycles. The van der Waals surface area contributed by atoms with Gasteiger partial charge in [-0.3, -0.25) is 15.0 Å². The number of hydrogen-bond acceptors (Lipinski definition) is 5. The number of ether oxygens (including phenoxy) is 1. The number of carboxylic acid groups (broad SMARTS) is 1. The van der Waals surface area contributed by atoms with Crippen molar-refractivity contribution in [2.75, 3.05) is 11.9 Å². The van der Waals surface area contributed by atoms with Gasteiger partial charge in [-0.05, 0) is 83.8 Å². The van der Waals surface area contributed by atoms with Crippen LogP contribution < -0.4 is 21.1 Å². The van der Waals surface area contributed by atoms with E-state index in [0.717, 1.165) is 0 Å². The van der Waals surface area contributed by atoms with Crippen LogP contribution in [0.25, 0.3) is 11.1 Å². The van der Waals surface area contributed by atoms with Crippen LogP contribution in [0.3, 0.4) is 0 Å². The lowest BCUT2D eigenvalue weighted by Gasteiger charge is -2.16. The van der Waals surface area contributed by atoms with Crippen LogP contribution in [0.1, 0.15) is 57.9 Å². The number of carbonyl (C=O) groups is 3. The van der Waals surface area contributed by atoms with E-state index in [1.54, 1.807) is 48.5 Å². The number of nitrogens with two attached hydrogens (primary N) is 1. The molecule has 0 atom stereocenters. The third kappa shape index (κ3) is 7.60. The summed E-state index contributed by atoms with van der Waals surface area (Å²) in [6.07, 6.45) is 0. The van der Waals surface area contributed by atoms with Crippen molar-refractivity contribution < 1.29 is 24.2 Å². The molecule has 0 aliphatic rings. The fourth-order valence-corrected chi connectivity index (χ4v) is 4.06. The molecule has 2 amide bonds. The first-order chi connectivity index (χ1) is 19.6. The Balaban J connectivity index is 0.00000484. The summed E-state index contributed by atoms with van der Waals surface area (Å²) in [4.78, 5) is 38.5. The van der Waals surface area contributed by atoms with Crippen molar-refractivity contribution >= 4 is 29.3 Å². The van der Waals surface area contributed by atoms with Crippen LogP contribution in [0.2, 0.25) is 0 Å². The van der Waals surface area contributed by atoms with Crippen molar-refractivity contribution in [1.82, 2.24) is 5.32 Å². The van der Waals surface area contributed by atoms with Gasteiger partial charge in [0.25, 0.3) is 11.8 Å². The average Bonchev–Trinajstić information content (AvgIpc) is 2.96. The van der Waals surface area contributed by atoms with Gasteiger partial charge in [0.2, 0.25) is 0 Å². The number of anilines is 1. The van der Waals surface area contributed by atoms with Gasteiger partial charge >= 0.3 is 5.97 Å². The summed E-state index contributed by atoms with van der Waals surface area (Å²) in [5, 5.41) is 23.2. The van der Waals surface area contributed by atoms with Crippen LogP contribution in [0.15, 0.2) is 91.0 Å². The zero-order valence-corrected chi connectivity index (χ0v) is 22.6. The maximum Gasteiger partial charge on any atom is 0.336 e. The Kier molecular flexibility index (Phi) is 10.2. The topological polar surface area (TPSA) is 155 Å². The normalized spacial score (nSPS) is 10.4. The van der Waals surface area contributed by atoms with Gasteiger partial charge in [0, 0.05) is 23.4 Å². The van der Waals surface area contributed by atoms with Gasteiger partial charge in [-0.25, -0.2) is 4.79 Å². The van der Waals surface area contributed by atoms with Crippen molar-refractivity contribution in [2.24, 2.45) is 11.7 Å². The first kappa shape index (κ1) is 31.1. The zero-order chi connectivity index (χ0) is 29.5. The molecule has 0 heterocycles. The molecule has 0 radical (unpaired) electrons. The summed E-state index contributed by atoms with van der Waals surface area (Å²) in [5.74, 6) is -1.07. The van der Waals surface area contributed by atoms with Crippen LogP contribution in [0, 0.1) is 11.3 Å². The molecule has 4 rings (SSSR count). The second-order valence-corrected chi connectivity index (χ2v) is 9.74. The third-order valence-electron chi connectivity index (χ3n) is 6.14. The predicted octanol–water partition coefficient (Wildman–Crippen LogP) is 6.40. The number of hydrogen-bond donors (Lipinski definition) is 5. The molecule has 0 unspecified atom stereocenters. The smallest absolute Gasteiger partial charge is 0.336 e. The molecule has 42 heavy (non-hydrogen) atoms. The van der Waals surface area contributed by atoms with Crippen molar-refractivity contribution in [2.45, 2.75) is 21.3 Å². The molecule has 0 aliphatic heterocycles. The highest BCUT2D eigenvalue weighted by atomic mass is 16.5. The molecule has 216 valence electrons. The van der Waals surface area contributed by atoms with E-state index in [-0.39, 0.29) is 47.3 Å². The highest BCUT2D eigenvalue weighted by Crippen LogP contribution is 2.33. The molecule has 0 fully saturated rings. The van der Waals surface area contributed by atoms with Gasteiger partial charge in [-0.1, -0.05) is 45.5 Å². The first-order valence-electron chi connectivity index (χ1n) is 12.9.